The SMILES string of the molecule is O=Cc1ccccc1OCCCOC(=O)CC(=O)OCCCOc1ccccc1C=O. The molecule has 2 aromatic carbocycles. The monoisotopic (exact) mass is 428 g/mol. The molecule has 0 bridgehead atoms. The van der Waals surface area contributed by atoms with Crippen molar-refractivity contribution in [3.05, 3.63) is 59.7 Å². The van der Waals surface area contributed by atoms with E-state index in [4.69, 9.17) is 18.9 Å². The van der Waals surface area contributed by atoms with Gasteiger partial charge in [-0.2, -0.15) is 0 Å². The summed E-state index contributed by atoms with van der Waals surface area (Å²) in [6.45, 7) is 0.685. The normalized spacial score (nSPS) is 10.1. The standard InChI is InChI=1S/C23H24O8/c24-16-18-7-1-3-9-20(18)28-11-5-13-30-22(26)15-23(27)31-14-6-12-29-21-10-4-2-8-19(21)17-25/h1-4,7-10,16-17H,5-6,11-15H2. The Kier molecular flexibility index (Phi) is 10.3. The van der Waals surface area contributed by atoms with E-state index >= 15 is 0 Å². The van der Waals surface area contributed by atoms with Crippen molar-refractivity contribution >= 4 is 24.5 Å². The molecule has 8 nitrogen and oxygen atoms in total. The van der Waals surface area contributed by atoms with Gasteiger partial charge in [-0.25, -0.2) is 0 Å². The van der Waals surface area contributed by atoms with E-state index in [1.165, 1.54) is 0 Å². The number of ether oxygens (including phenoxy) is 4. The van der Waals surface area contributed by atoms with Crippen LogP contribution in [0.15, 0.2) is 48.5 Å². The van der Waals surface area contributed by atoms with Gasteiger partial charge in [-0.3, -0.25) is 19.2 Å². The van der Waals surface area contributed by atoms with E-state index in [2.05, 4.69) is 0 Å². The van der Waals surface area contributed by atoms with Crippen LogP contribution >= 0.6 is 0 Å². The maximum absolute atomic E-state index is 11.7. The van der Waals surface area contributed by atoms with E-state index in [-0.39, 0.29) is 26.4 Å². The molecule has 0 radical (unpaired) electrons. The van der Waals surface area contributed by atoms with Gasteiger partial charge in [0, 0.05) is 12.8 Å². The van der Waals surface area contributed by atoms with Crippen molar-refractivity contribution in [1.29, 1.82) is 0 Å². The topological polar surface area (TPSA) is 105 Å². The summed E-state index contributed by atoms with van der Waals surface area (Å²) < 4.78 is 20.9. The van der Waals surface area contributed by atoms with Gasteiger partial charge in [0.2, 0.25) is 0 Å². The third kappa shape index (κ3) is 8.69. The lowest BCUT2D eigenvalue weighted by Gasteiger charge is -2.09. The van der Waals surface area contributed by atoms with E-state index in [9.17, 15) is 19.2 Å². The fourth-order valence-electron chi connectivity index (χ4n) is 2.49. The number of rotatable bonds is 14. The second-order valence-corrected chi connectivity index (χ2v) is 6.33. The van der Waals surface area contributed by atoms with Crippen molar-refractivity contribution in [2.24, 2.45) is 0 Å². The fraction of sp³-hybridized carbons (Fsp3) is 0.304. The van der Waals surface area contributed by atoms with Crippen molar-refractivity contribution in [3.8, 4) is 11.5 Å². The number of carbonyl (C=O) groups is 4. The number of benzene rings is 2. The minimum Gasteiger partial charge on any atom is -0.493 e. The second kappa shape index (κ2) is 13.5. The maximum Gasteiger partial charge on any atom is 0.317 e. The van der Waals surface area contributed by atoms with Gasteiger partial charge < -0.3 is 18.9 Å². The van der Waals surface area contributed by atoms with Crippen molar-refractivity contribution in [2.45, 2.75) is 19.3 Å². The molecule has 31 heavy (non-hydrogen) atoms. The number of hydrogen-bond donors (Lipinski definition) is 0. The summed E-state index contributed by atoms with van der Waals surface area (Å²) in [7, 11) is 0. The summed E-state index contributed by atoms with van der Waals surface area (Å²) in [5.41, 5.74) is 0.890. The zero-order chi connectivity index (χ0) is 22.3. The van der Waals surface area contributed by atoms with E-state index in [0.29, 0.717) is 48.0 Å². The molecule has 2 aromatic rings. The molecular weight excluding hydrogens is 404 g/mol. The molecule has 0 aromatic heterocycles. The number of aldehydes is 2. The van der Waals surface area contributed by atoms with Crippen LogP contribution < -0.4 is 9.47 Å². The molecule has 0 atom stereocenters. The van der Waals surface area contributed by atoms with Gasteiger partial charge >= 0.3 is 11.9 Å². The van der Waals surface area contributed by atoms with Crippen LogP contribution in [0.25, 0.3) is 0 Å². The molecule has 0 saturated heterocycles. The predicted molar refractivity (Wildman–Crippen MR) is 110 cm³/mol. The minimum atomic E-state index is -0.686. The highest BCUT2D eigenvalue weighted by atomic mass is 16.6. The van der Waals surface area contributed by atoms with E-state index in [0.717, 1.165) is 0 Å². The van der Waals surface area contributed by atoms with Crippen LogP contribution in [-0.4, -0.2) is 50.9 Å². The Morgan fingerprint density at radius 3 is 1.48 bits per heavy atom. The predicted octanol–water partition coefficient (Wildman–Crippen LogP) is 3.03. The Bertz CT molecular complexity index is 806. The first kappa shape index (κ1) is 23.6. The molecule has 0 N–H and O–H groups in total. The van der Waals surface area contributed by atoms with Gasteiger partial charge in [-0.05, 0) is 24.3 Å². The van der Waals surface area contributed by atoms with Crippen LogP contribution in [0.3, 0.4) is 0 Å². The number of esters is 2. The Morgan fingerprint density at radius 2 is 1.06 bits per heavy atom. The molecule has 8 heteroatoms. The summed E-state index contributed by atoms with van der Waals surface area (Å²) in [5.74, 6) is -0.444. The second-order valence-electron chi connectivity index (χ2n) is 6.33. The first-order chi connectivity index (χ1) is 15.1. The number of hydrogen-bond acceptors (Lipinski definition) is 8. The van der Waals surface area contributed by atoms with Gasteiger partial charge in [0.05, 0.1) is 37.6 Å². The third-order valence-electron chi connectivity index (χ3n) is 4.00. The van der Waals surface area contributed by atoms with Crippen LogP contribution in [0, 0.1) is 0 Å². The van der Waals surface area contributed by atoms with Gasteiger partial charge in [0.1, 0.15) is 17.9 Å². The quantitative estimate of drug-likeness (QED) is 0.196. The average Bonchev–Trinajstić information content (AvgIpc) is 2.79. The summed E-state index contributed by atoms with van der Waals surface area (Å²) >= 11 is 0. The smallest absolute Gasteiger partial charge is 0.317 e. The van der Waals surface area contributed by atoms with Crippen molar-refractivity contribution in [1.82, 2.24) is 0 Å². The van der Waals surface area contributed by atoms with Crippen LogP contribution in [0.5, 0.6) is 11.5 Å². The minimum absolute atomic E-state index is 0.0827. The molecule has 0 amide bonds. The van der Waals surface area contributed by atoms with E-state index < -0.39 is 18.4 Å². The highest BCUT2D eigenvalue weighted by molar-refractivity contribution is 5.91. The summed E-state index contributed by atoms with van der Waals surface area (Å²) in [5, 5.41) is 0. The Labute approximate surface area is 180 Å². The lowest BCUT2D eigenvalue weighted by Crippen LogP contribution is -2.16. The molecule has 0 spiro atoms. The van der Waals surface area contributed by atoms with Crippen LogP contribution in [0.2, 0.25) is 0 Å². The molecule has 0 fully saturated rings. The maximum atomic E-state index is 11.7. The summed E-state index contributed by atoms with van der Waals surface area (Å²) in [4.78, 5) is 45.1. The third-order valence-corrected chi connectivity index (χ3v) is 4.00. The fourth-order valence-corrected chi connectivity index (χ4v) is 2.49. The molecule has 0 aliphatic rings. The van der Waals surface area contributed by atoms with Gasteiger partial charge in [0.15, 0.2) is 12.6 Å². The lowest BCUT2D eigenvalue weighted by molar-refractivity contribution is -0.154. The molecule has 0 unspecified atom stereocenters. The van der Waals surface area contributed by atoms with Crippen LogP contribution in [0.4, 0.5) is 0 Å². The van der Waals surface area contributed by atoms with E-state index in [1.54, 1.807) is 48.5 Å². The van der Waals surface area contributed by atoms with Crippen LogP contribution in [-0.2, 0) is 19.1 Å². The Morgan fingerprint density at radius 1 is 0.645 bits per heavy atom. The average molecular weight is 428 g/mol. The van der Waals surface area contributed by atoms with Crippen molar-refractivity contribution in [3.63, 3.8) is 0 Å². The molecule has 164 valence electrons. The molecule has 0 aliphatic heterocycles. The Balaban J connectivity index is 1.52. The lowest BCUT2D eigenvalue weighted by atomic mass is 10.2. The summed E-state index contributed by atoms with van der Waals surface area (Å²) in [6, 6.07) is 13.6. The highest BCUT2D eigenvalue weighted by Crippen LogP contribution is 2.16. The van der Waals surface area contributed by atoms with Crippen molar-refractivity contribution in [2.75, 3.05) is 26.4 Å². The van der Waals surface area contributed by atoms with Crippen molar-refractivity contribution < 1.29 is 38.1 Å². The number of carbonyl (C=O) groups excluding carboxylic acids is 4. The van der Waals surface area contributed by atoms with Gasteiger partial charge in [-0.15, -0.1) is 0 Å². The first-order valence-corrected chi connectivity index (χ1v) is 9.79. The van der Waals surface area contributed by atoms with Crippen LogP contribution in [0.1, 0.15) is 40.0 Å². The highest BCUT2D eigenvalue weighted by Gasteiger charge is 2.12. The number of para-hydroxylation sites is 2. The zero-order valence-corrected chi connectivity index (χ0v) is 17.0. The van der Waals surface area contributed by atoms with E-state index in [1.807, 2.05) is 0 Å². The van der Waals surface area contributed by atoms with Gasteiger partial charge in [0.25, 0.3) is 0 Å². The largest absolute Gasteiger partial charge is 0.493 e. The Hall–Kier alpha value is -3.68. The molecular formula is C23H24O8. The summed E-state index contributed by atoms with van der Waals surface area (Å²) in [6.07, 6.45) is 1.75. The molecule has 2 rings (SSSR count). The first-order valence-electron chi connectivity index (χ1n) is 9.79. The molecule has 0 heterocycles. The zero-order valence-electron chi connectivity index (χ0n) is 17.0. The molecule has 0 aliphatic carbocycles. The molecule has 0 saturated carbocycles. The van der Waals surface area contributed by atoms with Gasteiger partial charge in [-0.1, -0.05) is 24.3 Å².